The Hall–Kier alpha value is -2.99. The van der Waals surface area contributed by atoms with Crippen LogP contribution in [0.25, 0.3) is 10.8 Å². The summed E-state index contributed by atoms with van der Waals surface area (Å²) in [4.78, 5) is 24.4. The Morgan fingerprint density at radius 1 is 0.821 bits per heavy atom. The Morgan fingerprint density at radius 2 is 1.43 bits per heavy atom. The zero-order valence-electron chi connectivity index (χ0n) is 15.6. The number of rotatable bonds is 8. The highest BCUT2D eigenvalue weighted by Crippen LogP contribution is 2.24. The predicted octanol–water partition coefficient (Wildman–Crippen LogP) is 4.55. The van der Waals surface area contributed by atoms with Crippen molar-refractivity contribution in [2.24, 2.45) is 0 Å². The number of para-hydroxylation sites is 2. The molecule has 0 spiro atoms. The van der Waals surface area contributed by atoms with E-state index in [1.54, 1.807) is 6.07 Å². The molecule has 28 heavy (non-hydrogen) atoms. The Bertz CT molecular complexity index is 969. The molecule has 0 aliphatic heterocycles. The SMILES string of the molecule is CCOc1ccccc1NC(=O)CSCC(=O)Nc1cccc2ccccc12. The molecule has 0 fully saturated rings. The van der Waals surface area contributed by atoms with E-state index in [9.17, 15) is 9.59 Å². The average Bonchev–Trinajstić information content (AvgIpc) is 2.70. The maximum atomic E-state index is 12.3. The third kappa shape index (κ3) is 5.27. The number of hydrogen-bond acceptors (Lipinski definition) is 4. The number of amides is 2. The van der Waals surface area contributed by atoms with Gasteiger partial charge in [-0.25, -0.2) is 0 Å². The van der Waals surface area contributed by atoms with E-state index in [2.05, 4.69) is 10.6 Å². The van der Waals surface area contributed by atoms with Gasteiger partial charge in [0.05, 0.1) is 23.8 Å². The van der Waals surface area contributed by atoms with Gasteiger partial charge in [0, 0.05) is 11.1 Å². The molecule has 0 aliphatic rings. The van der Waals surface area contributed by atoms with Crippen molar-refractivity contribution < 1.29 is 14.3 Å². The van der Waals surface area contributed by atoms with E-state index in [0.29, 0.717) is 18.0 Å². The van der Waals surface area contributed by atoms with Crippen LogP contribution < -0.4 is 15.4 Å². The second-order valence-corrected chi connectivity index (χ2v) is 7.03. The van der Waals surface area contributed by atoms with Crippen molar-refractivity contribution in [3.05, 3.63) is 66.7 Å². The molecule has 2 amide bonds. The van der Waals surface area contributed by atoms with Crippen LogP contribution in [0.5, 0.6) is 5.75 Å². The number of ether oxygens (including phenoxy) is 1. The molecule has 2 N–H and O–H groups in total. The Kier molecular flexibility index (Phi) is 6.92. The van der Waals surface area contributed by atoms with Gasteiger partial charge in [0.1, 0.15) is 5.75 Å². The van der Waals surface area contributed by atoms with Gasteiger partial charge in [-0.2, -0.15) is 0 Å². The molecule has 3 aromatic rings. The minimum absolute atomic E-state index is 0.135. The van der Waals surface area contributed by atoms with Gasteiger partial charge in [0.25, 0.3) is 0 Å². The van der Waals surface area contributed by atoms with Crippen molar-refractivity contribution in [1.29, 1.82) is 0 Å². The molecule has 0 bridgehead atoms. The van der Waals surface area contributed by atoms with Gasteiger partial charge < -0.3 is 15.4 Å². The van der Waals surface area contributed by atoms with Crippen molar-refractivity contribution in [2.75, 3.05) is 28.7 Å². The summed E-state index contributed by atoms with van der Waals surface area (Å²) in [5.41, 5.74) is 1.41. The summed E-state index contributed by atoms with van der Waals surface area (Å²) in [5, 5.41) is 7.81. The third-order valence-electron chi connectivity index (χ3n) is 3.99. The lowest BCUT2D eigenvalue weighted by atomic mass is 10.1. The molecule has 0 radical (unpaired) electrons. The highest BCUT2D eigenvalue weighted by atomic mass is 32.2. The minimum Gasteiger partial charge on any atom is -0.492 e. The maximum Gasteiger partial charge on any atom is 0.234 e. The summed E-state index contributed by atoms with van der Waals surface area (Å²) < 4.78 is 5.50. The van der Waals surface area contributed by atoms with E-state index in [0.717, 1.165) is 16.5 Å². The van der Waals surface area contributed by atoms with Crippen LogP contribution in [0.1, 0.15) is 6.92 Å². The number of benzene rings is 3. The van der Waals surface area contributed by atoms with Crippen LogP contribution in [0.4, 0.5) is 11.4 Å². The zero-order valence-corrected chi connectivity index (χ0v) is 16.4. The molecule has 3 rings (SSSR count). The van der Waals surface area contributed by atoms with Crippen LogP contribution in [-0.4, -0.2) is 29.9 Å². The summed E-state index contributed by atoms with van der Waals surface area (Å²) in [6.45, 7) is 2.42. The maximum absolute atomic E-state index is 12.3. The Labute approximate surface area is 168 Å². The highest BCUT2D eigenvalue weighted by molar-refractivity contribution is 8.00. The first kappa shape index (κ1) is 19.8. The molecule has 0 unspecified atom stereocenters. The summed E-state index contributed by atoms with van der Waals surface area (Å²) in [6, 6.07) is 21.0. The summed E-state index contributed by atoms with van der Waals surface area (Å²) >= 11 is 1.27. The molecule has 0 saturated carbocycles. The lowest BCUT2D eigenvalue weighted by Crippen LogP contribution is -2.19. The normalized spacial score (nSPS) is 10.5. The smallest absolute Gasteiger partial charge is 0.234 e. The average molecular weight is 394 g/mol. The van der Waals surface area contributed by atoms with Crippen LogP contribution in [0, 0.1) is 0 Å². The Morgan fingerprint density at radius 3 is 2.21 bits per heavy atom. The number of carbonyl (C=O) groups excluding carboxylic acids is 2. The van der Waals surface area contributed by atoms with Crippen molar-refractivity contribution in [3.63, 3.8) is 0 Å². The molecule has 0 atom stereocenters. The molecule has 0 aliphatic carbocycles. The quantitative estimate of drug-likeness (QED) is 0.588. The molecule has 3 aromatic carbocycles. The fraction of sp³-hybridized carbons (Fsp3) is 0.182. The van der Waals surface area contributed by atoms with Gasteiger partial charge in [-0.1, -0.05) is 48.5 Å². The molecule has 6 heteroatoms. The number of fused-ring (bicyclic) bond motifs is 1. The fourth-order valence-corrected chi connectivity index (χ4v) is 3.41. The molecule has 5 nitrogen and oxygen atoms in total. The van der Waals surface area contributed by atoms with Crippen LogP contribution in [0.3, 0.4) is 0 Å². The van der Waals surface area contributed by atoms with Crippen molar-refractivity contribution in [2.45, 2.75) is 6.92 Å². The van der Waals surface area contributed by atoms with Gasteiger partial charge in [-0.15, -0.1) is 11.8 Å². The first-order valence-electron chi connectivity index (χ1n) is 9.04. The van der Waals surface area contributed by atoms with E-state index in [-0.39, 0.29) is 23.3 Å². The molecule has 0 aromatic heterocycles. The van der Waals surface area contributed by atoms with E-state index < -0.39 is 0 Å². The molecule has 144 valence electrons. The number of hydrogen-bond donors (Lipinski definition) is 2. The summed E-state index contributed by atoms with van der Waals surface area (Å²) in [7, 11) is 0. The third-order valence-corrected chi connectivity index (χ3v) is 4.92. The fourth-order valence-electron chi connectivity index (χ4n) is 2.79. The number of thioether (sulfide) groups is 1. The monoisotopic (exact) mass is 394 g/mol. The first-order valence-corrected chi connectivity index (χ1v) is 10.2. The molecular formula is C22H22N2O3S. The molecule has 0 heterocycles. The van der Waals surface area contributed by atoms with Crippen LogP contribution in [0.15, 0.2) is 66.7 Å². The topological polar surface area (TPSA) is 67.4 Å². The lowest BCUT2D eigenvalue weighted by molar-refractivity contribution is -0.114. The largest absolute Gasteiger partial charge is 0.492 e. The second kappa shape index (κ2) is 9.80. The van der Waals surface area contributed by atoms with Crippen molar-refractivity contribution in [1.82, 2.24) is 0 Å². The standard InChI is InChI=1S/C22H22N2O3S/c1-2-27-20-13-6-5-11-19(20)24-22(26)15-28-14-21(25)23-18-12-7-9-16-8-3-4-10-17(16)18/h3-13H,2,14-15H2,1H3,(H,23,25)(H,24,26). The van der Waals surface area contributed by atoms with Gasteiger partial charge >= 0.3 is 0 Å². The van der Waals surface area contributed by atoms with E-state index >= 15 is 0 Å². The number of anilines is 2. The van der Waals surface area contributed by atoms with Crippen molar-refractivity contribution >= 4 is 45.7 Å². The van der Waals surface area contributed by atoms with Gasteiger partial charge in [0.15, 0.2) is 0 Å². The van der Waals surface area contributed by atoms with E-state index in [1.807, 2.05) is 67.6 Å². The predicted molar refractivity (Wildman–Crippen MR) is 116 cm³/mol. The minimum atomic E-state index is -0.171. The van der Waals surface area contributed by atoms with Gasteiger partial charge in [0.2, 0.25) is 11.8 Å². The first-order chi connectivity index (χ1) is 13.7. The van der Waals surface area contributed by atoms with Crippen LogP contribution >= 0.6 is 11.8 Å². The summed E-state index contributed by atoms with van der Waals surface area (Å²) in [6.07, 6.45) is 0. The number of nitrogens with one attached hydrogen (secondary N) is 2. The van der Waals surface area contributed by atoms with Crippen LogP contribution in [-0.2, 0) is 9.59 Å². The van der Waals surface area contributed by atoms with Gasteiger partial charge in [-0.3, -0.25) is 9.59 Å². The van der Waals surface area contributed by atoms with Gasteiger partial charge in [-0.05, 0) is 30.5 Å². The van der Waals surface area contributed by atoms with Crippen LogP contribution in [0.2, 0.25) is 0 Å². The molecule has 0 saturated heterocycles. The van der Waals surface area contributed by atoms with Crippen molar-refractivity contribution in [3.8, 4) is 5.75 Å². The zero-order chi connectivity index (χ0) is 19.8. The highest BCUT2D eigenvalue weighted by Gasteiger charge is 2.10. The second-order valence-electron chi connectivity index (χ2n) is 6.05. The van der Waals surface area contributed by atoms with E-state index in [1.165, 1.54) is 11.8 Å². The Balaban J connectivity index is 1.49. The summed E-state index contributed by atoms with van der Waals surface area (Å²) in [5.74, 6) is 0.712. The van der Waals surface area contributed by atoms with E-state index in [4.69, 9.17) is 4.74 Å². The number of carbonyl (C=O) groups is 2. The molecular weight excluding hydrogens is 372 g/mol. The lowest BCUT2D eigenvalue weighted by Gasteiger charge is -2.11.